The zero-order chi connectivity index (χ0) is 18.5. The summed E-state index contributed by atoms with van der Waals surface area (Å²) in [7, 11) is 0. The van der Waals surface area contributed by atoms with E-state index >= 15 is 0 Å². The third-order valence-electron chi connectivity index (χ3n) is 2.84. The molecule has 0 unspecified atom stereocenters. The van der Waals surface area contributed by atoms with Crippen molar-refractivity contribution in [3.05, 3.63) is 63.8 Å². The minimum Gasteiger partial charge on any atom is -0.478 e. The van der Waals surface area contributed by atoms with Gasteiger partial charge in [-0.1, -0.05) is 12.1 Å². The molecule has 0 amide bonds. The molecule has 0 bridgehead atoms. The van der Waals surface area contributed by atoms with Crippen molar-refractivity contribution in [2.24, 2.45) is 0 Å². The van der Waals surface area contributed by atoms with Gasteiger partial charge in [0, 0.05) is 34.2 Å². The van der Waals surface area contributed by atoms with Gasteiger partial charge < -0.3 is 19.9 Å². The van der Waals surface area contributed by atoms with Crippen molar-refractivity contribution < 1.29 is 24.5 Å². The Morgan fingerprint density at radius 3 is 2.32 bits per heavy atom. The minimum atomic E-state index is -1.26. The van der Waals surface area contributed by atoms with Crippen LogP contribution in [0.15, 0.2) is 48.9 Å². The van der Waals surface area contributed by atoms with Crippen molar-refractivity contribution in [1.29, 1.82) is 0 Å². The standard InChI is InChI=1S/C13H15IN2O.C4H4O4/c14-12-5-3-11(4-6-12)9-17-7-1-2-13-8-15-10-16-13;5-3(6)1-2-4(7)8/h3-6,8,10H,1-2,7,9H2,(H,15,16);1-2H,(H,5,6)(H,7,8)/b;2-1-. The Morgan fingerprint density at radius 1 is 1.16 bits per heavy atom. The van der Waals surface area contributed by atoms with Gasteiger partial charge >= 0.3 is 11.9 Å². The maximum Gasteiger partial charge on any atom is 0.328 e. The smallest absolute Gasteiger partial charge is 0.328 e. The number of aliphatic carboxylic acids is 2. The van der Waals surface area contributed by atoms with E-state index in [9.17, 15) is 9.59 Å². The van der Waals surface area contributed by atoms with E-state index in [0.29, 0.717) is 18.8 Å². The van der Waals surface area contributed by atoms with Gasteiger partial charge in [-0.25, -0.2) is 14.6 Å². The first-order valence-electron chi connectivity index (χ1n) is 7.40. The zero-order valence-electron chi connectivity index (χ0n) is 13.4. The van der Waals surface area contributed by atoms with Crippen molar-refractivity contribution in [2.75, 3.05) is 6.61 Å². The fourth-order valence-corrected chi connectivity index (χ4v) is 2.06. The molecule has 8 heteroatoms. The number of carboxylic acid groups (broad SMARTS) is 2. The van der Waals surface area contributed by atoms with Crippen molar-refractivity contribution in [1.82, 2.24) is 9.97 Å². The number of benzene rings is 1. The number of hydrogen-bond donors (Lipinski definition) is 3. The van der Waals surface area contributed by atoms with E-state index in [1.807, 2.05) is 6.20 Å². The molecule has 0 spiro atoms. The highest BCUT2D eigenvalue weighted by molar-refractivity contribution is 14.1. The number of carbonyl (C=O) groups is 2. The van der Waals surface area contributed by atoms with E-state index in [4.69, 9.17) is 14.9 Å². The SMILES string of the molecule is Ic1ccc(COCCCc2cnc[nH]2)cc1.O=C(O)/C=C\C(=O)O. The molecule has 0 radical (unpaired) electrons. The summed E-state index contributed by atoms with van der Waals surface area (Å²) in [5, 5.41) is 15.6. The maximum atomic E-state index is 9.55. The third-order valence-corrected chi connectivity index (χ3v) is 3.56. The van der Waals surface area contributed by atoms with E-state index in [-0.39, 0.29) is 0 Å². The summed E-state index contributed by atoms with van der Waals surface area (Å²) < 4.78 is 6.88. The molecular formula is C17H19IN2O5. The Balaban J connectivity index is 0.000000333. The number of nitrogens with zero attached hydrogens (tertiary/aromatic N) is 1. The Bertz CT molecular complexity index is 653. The number of aryl methyl sites for hydroxylation is 1. The molecule has 0 aliphatic carbocycles. The average molecular weight is 458 g/mol. The summed E-state index contributed by atoms with van der Waals surface area (Å²) in [6.45, 7) is 1.48. The minimum absolute atomic E-state index is 0.558. The van der Waals surface area contributed by atoms with Crippen LogP contribution in [0.1, 0.15) is 17.7 Å². The molecule has 1 heterocycles. The van der Waals surface area contributed by atoms with Crippen LogP contribution in [-0.4, -0.2) is 38.7 Å². The molecular weight excluding hydrogens is 439 g/mol. The molecule has 0 saturated carbocycles. The van der Waals surface area contributed by atoms with Crippen LogP contribution in [0.5, 0.6) is 0 Å². The van der Waals surface area contributed by atoms with Crippen molar-refractivity contribution >= 4 is 34.5 Å². The van der Waals surface area contributed by atoms with Gasteiger partial charge in [-0.3, -0.25) is 0 Å². The quantitative estimate of drug-likeness (QED) is 0.319. The van der Waals surface area contributed by atoms with Gasteiger partial charge in [0.05, 0.1) is 12.9 Å². The van der Waals surface area contributed by atoms with Crippen LogP contribution in [-0.2, 0) is 27.4 Å². The lowest BCUT2D eigenvalue weighted by atomic mass is 10.2. The second-order valence-electron chi connectivity index (χ2n) is 4.87. The largest absolute Gasteiger partial charge is 0.478 e. The second kappa shape index (κ2) is 12.2. The topological polar surface area (TPSA) is 113 Å². The molecule has 1 aromatic heterocycles. The lowest BCUT2D eigenvalue weighted by Gasteiger charge is -2.04. The fourth-order valence-electron chi connectivity index (χ4n) is 1.70. The van der Waals surface area contributed by atoms with E-state index in [1.54, 1.807) is 6.33 Å². The monoisotopic (exact) mass is 458 g/mol. The molecule has 3 N–H and O–H groups in total. The van der Waals surface area contributed by atoms with E-state index in [2.05, 4.69) is 56.8 Å². The lowest BCUT2D eigenvalue weighted by Crippen LogP contribution is -1.97. The number of aromatic nitrogens is 2. The van der Waals surface area contributed by atoms with Gasteiger partial charge in [0.1, 0.15) is 0 Å². The van der Waals surface area contributed by atoms with Crippen LogP contribution in [0.4, 0.5) is 0 Å². The molecule has 25 heavy (non-hydrogen) atoms. The average Bonchev–Trinajstić information content (AvgIpc) is 3.08. The summed E-state index contributed by atoms with van der Waals surface area (Å²) >= 11 is 2.30. The Hall–Kier alpha value is -2.20. The van der Waals surface area contributed by atoms with Gasteiger partial charge in [-0.15, -0.1) is 0 Å². The van der Waals surface area contributed by atoms with Gasteiger partial charge in [0.15, 0.2) is 0 Å². The number of ether oxygens (including phenoxy) is 1. The predicted octanol–water partition coefficient (Wildman–Crippen LogP) is 2.88. The molecule has 134 valence electrons. The van der Waals surface area contributed by atoms with E-state index < -0.39 is 11.9 Å². The molecule has 0 aliphatic rings. The summed E-state index contributed by atoms with van der Waals surface area (Å²) in [6.07, 6.45) is 6.70. The molecule has 0 aliphatic heterocycles. The van der Waals surface area contributed by atoms with Crippen molar-refractivity contribution in [3.63, 3.8) is 0 Å². The Labute approximate surface area is 158 Å². The normalized spacial score (nSPS) is 10.3. The number of hydrogen-bond acceptors (Lipinski definition) is 4. The summed E-state index contributed by atoms with van der Waals surface area (Å²) in [6, 6.07) is 8.42. The molecule has 0 atom stereocenters. The van der Waals surface area contributed by atoms with Gasteiger partial charge in [0.2, 0.25) is 0 Å². The molecule has 1 aromatic carbocycles. The highest BCUT2D eigenvalue weighted by Crippen LogP contribution is 2.08. The Morgan fingerprint density at radius 2 is 1.80 bits per heavy atom. The van der Waals surface area contributed by atoms with Crippen LogP contribution in [0.25, 0.3) is 0 Å². The number of halogens is 1. The number of carboxylic acids is 2. The first kappa shape index (κ1) is 20.8. The first-order chi connectivity index (χ1) is 12.0. The molecule has 2 aromatic rings. The van der Waals surface area contributed by atoms with E-state index in [0.717, 1.165) is 19.4 Å². The van der Waals surface area contributed by atoms with Crippen LogP contribution in [0.3, 0.4) is 0 Å². The van der Waals surface area contributed by atoms with Crippen molar-refractivity contribution in [2.45, 2.75) is 19.4 Å². The number of imidazole rings is 1. The van der Waals surface area contributed by atoms with Gasteiger partial charge in [-0.2, -0.15) is 0 Å². The summed E-state index contributed by atoms with van der Waals surface area (Å²) in [5.41, 5.74) is 2.40. The predicted molar refractivity (Wildman–Crippen MR) is 100 cm³/mol. The highest BCUT2D eigenvalue weighted by atomic mass is 127. The van der Waals surface area contributed by atoms with E-state index in [1.165, 1.54) is 14.8 Å². The molecule has 2 rings (SSSR count). The van der Waals surface area contributed by atoms with Crippen molar-refractivity contribution in [3.8, 4) is 0 Å². The fraction of sp³-hybridized carbons (Fsp3) is 0.235. The number of rotatable bonds is 8. The molecule has 0 fully saturated rings. The third kappa shape index (κ3) is 11.1. The number of aromatic amines is 1. The summed E-state index contributed by atoms with van der Waals surface area (Å²) in [5.74, 6) is -2.51. The lowest BCUT2D eigenvalue weighted by molar-refractivity contribution is -0.134. The Kier molecular flexibility index (Phi) is 10.2. The zero-order valence-corrected chi connectivity index (χ0v) is 15.5. The van der Waals surface area contributed by atoms with Crippen LogP contribution < -0.4 is 0 Å². The van der Waals surface area contributed by atoms with Gasteiger partial charge in [-0.05, 0) is 53.1 Å². The van der Waals surface area contributed by atoms with Crippen LogP contribution >= 0.6 is 22.6 Å². The second-order valence-corrected chi connectivity index (χ2v) is 6.11. The number of nitrogens with one attached hydrogen (secondary N) is 1. The maximum absolute atomic E-state index is 9.55. The highest BCUT2D eigenvalue weighted by Gasteiger charge is 1.96. The van der Waals surface area contributed by atoms with Crippen LogP contribution in [0.2, 0.25) is 0 Å². The molecule has 7 nitrogen and oxygen atoms in total. The molecule has 0 saturated heterocycles. The van der Waals surface area contributed by atoms with Crippen LogP contribution in [0, 0.1) is 3.57 Å². The van der Waals surface area contributed by atoms with Gasteiger partial charge in [0.25, 0.3) is 0 Å². The number of H-pyrrole nitrogens is 1. The summed E-state index contributed by atoms with van der Waals surface area (Å²) in [4.78, 5) is 26.2. The first-order valence-corrected chi connectivity index (χ1v) is 8.48.